The van der Waals surface area contributed by atoms with Crippen molar-refractivity contribution in [1.29, 1.82) is 0 Å². The molecule has 0 saturated carbocycles. The Morgan fingerprint density at radius 3 is 0.794 bits per heavy atom. The van der Waals surface area contributed by atoms with Gasteiger partial charge >= 0.3 is 0 Å². The highest BCUT2D eigenvalue weighted by Crippen LogP contribution is 2.49. The first kappa shape index (κ1) is 49.9. The fourth-order valence-corrected chi connectivity index (χ4v) is 9.52. The molecular weight excluding hydrogens is 841 g/mol. The van der Waals surface area contributed by atoms with Crippen molar-refractivity contribution in [1.82, 2.24) is 0 Å². The summed E-state index contributed by atoms with van der Waals surface area (Å²) in [5.74, 6) is -0.313. The van der Waals surface area contributed by atoms with Crippen LogP contribution in [-0.2, 0) is 52.8 Å². The van der Waals surface area contributed by atoms with Crippen molar-refractivity contribution in [3.8, 4) is 28.7 Å². The van der Waals surface area contributed by atoms with E-state index in [2.05, 4.69) is 104 Å². The number of benzene rings is 6. The van der Waals surface area contributed by atoms with Crippen LogP contribution >= 0.6 is 0 Å². The molecule has 0 aromatic heterocycles. The van der Waals surface area contributed by atoms with Gasteiger partial charge in [0.05, 0.1) is 0 Å². The van der Waals surface area contributed by atoms with E-state index >= 15 is 0 Å². The minimum atomic E-state index is -0.705. The van der Waals surface area contributed by atoms with Crippen molar-refractivity contribution < 1.29 is 30.3 Å². The van der Waals surface area contributed by atoms with E-state index in [0.717, 1.165) is 39.7 Å². The van der Waals surface area contributed by atoms with Crippen LogP contribution in [0.25, 0.3) is 0 Å². The van der Waals surface area contributed by atoms with Gasteiger partial charge in [0.15, 0.2) is 0 Å². The Balaban J connectivity index is 1.66. The molecule has 10 bridgehead atoms. The quantitative estimate of drug-likeness (QED) is 0.110. The third-order valence-electron chi connectivity index (χ3n) is 14.1. The highest BCUT2D eigenvalue weighted by molar-refractivity contribution is 5.75. The molecular formula is C62H74O6. The van der Waals surface area contributed by atoms with Gasteiger partial charge in [-0.15, -0.1) is 0 Å². The van der Waals surface area contributed by atoms with Crippen LogP contribution in [0, 0.1) is 0 Å². The fourth-order valence-electron chi connectivity index (χ4n) is 9.52. The number of carbonyl (C=O) groups excluding carboxylic acids is 1. The van der Waals surface area contributed by atoms with Gasteiger partial charge in [-0.1, -0.05) is 189 Å². The van der Waals surface area contributed by atoms with Crippen molar-refractivity contribution in [2.75, 3.05) is 0 Å². The van der Waals surface area contributed by atoms with Crippen molar-refractivity contribution in [3.05, 3.63) is 180 Å². The number of phenols is 5. The van der Waals surface area contributed by atoms with Crippen LogP contribution in [0.2, 0.25) is 0 Å². The van der Waals surface area contributed by atoms with Gasteiger partial charge < -0.3 is 25.5 Å². The lowest BCUT2D eigenvalue weighted by molar-refractivity contribution is 0.112. The van der Waals surface area contributed by atoms with Gasteiger partial charge in [0.1, 0.15) is 35.0 Å². The van der Waals surface area contributed by atoms with Crippen LogP contribution in [0.5, 0.6) is 28.7 Å². The van der Waals surface area contributed by atoms with E-state index in [1.165, 1.54) is 0 Å². The van der Waals surface area contributed by atoms with E-state index < -0.39 is 5.92 Å². The number of fused-ring (bicyclic) bond motifs is 10. The van der Waals surface area contributed by atoms with Gasteiger partial charge in [-0.2, -0.15) is 0 Å². The second-order valence-electron chi connectivity index (χ2n) is 24.8. The Morgan fingerprint density at radius 2 is 0.574 bits per heavy atom. The minimum Gasteiger partial charge on any atom is -0.507 e. The van der Waals surface area contributed by atoms with Crippen LogP contribution in [-0.4, -0.2) is 31.8 Å². The Bertz CT molecular complexity index is 2750. The lowest BCUT2D eigenvalue weighted by Gasteiger charge is -2.30. The predicted molar refractivity (Wildman–Crippen MR) is 278 cm³/mol. The molecule has 0 fully saturated rings. The van der Waals surface area contributed by atoms with Crippen LogP contribution in [0.15, 0.2) is 84.9 Å². The lowest BCUT2D eigenvalue weighted by Crippen LogP contribution is -2.17. The third kappa shape index (κ3) is 10.1. The molecule has 0 aliphatic heterocycles. The number of aldehydes is 1. The topological polar surface area (TPSA) is 118 Å². The summed E-state index contributed by atoms with van der Waals surface area (Å²) in [7, 11) is 0. The van der Waals surface area contributed by atoms with Gasteiger partial charge in [-0.3, -0.25) is 4.79 Å². The van der Waals surface area contributed by atoms with Crippen molar-refractivity contribution in [3.63, 3.8) is 0 Å². The molecule has 6 heteroatoms. The summed E-state index contributed by atoms with van der Waals surface area (Å²) in [5.41, 5.74) is 10.9. The van der Waals surface area contributed by atoms with Crippen LogP contribution in [0.1, 0.15) is 209 Å². The van der Waals surface area contributed by atoms with Crippen molar-refractivity contribution >= 4 is 6.29 Å². The van der Waals surface area contributed by atoms with Gasteiger partial charge in [-0.25, -0.2) is 0 Å². The number of rotatable bonds is 2. The zero-order valence-corrected chi connectivity index (χ0v) is 43.2. The Labute approximate surface area is 405 Å². The average molecular weight is 915 g/mol. The van der Waals surface area contributed by atoms with E-state index in [4.69, 9.17) is 0 Å². The van der Waals surface area contributed by atoms with E-state index in [1.54, 1.807) is 12.1 Å². The van der Waals surface area contributed by atoms with Crippen LogP contribution < -0.4 is 0 Å². The first-order valence-corrected chi connectivity index (χ1v) is 24.2. The summed E-state index contributed by atoms with van der Waals surface area (Å²) >= 11 is 0. The van der Waals surface area contributed by atoms with Gasteiger partial charge in [0.2, 0.25) is 0 Å². The monoisotopic (exact) mass is 915 g/mol. The number of hydrogen-bond donors (Lipinski definition) is 5. The van der Waals surface area contributed by atoms with E-state index in [-0.39, 0.29) is 81.5 Å². The largest absolute Gasteiger partial charge is 0.507 e. The van der Waals surface area contributed by atoms with E-state index in [9.17, 15) is 30.3 Å². The summed E-state index contributed by atoms with van der Waals surface area (Å²) in [5, 5.41) is 63.2. The number of hydrogen-bond acceptors (Lipinski definition) is 6. The second kappa shape index (κ2) is 17.5. The highest BCUT2D eigenvalue weighted by atomic mass is 16.3. The van der Waals surface area contributed by atoms with E-state index in [0.29, 0.717) is 61.2 Å². The molecule has 0 radical (unpaired) electrons. The number of aromatic hydroxyl groups is 5. The third-order valence-corrected chi connectivity index (χ3v) is 14.1. The van der Waals surface area contributed by atoms with Gasteiger partial charge in [0.25, 0.3) is 0 Å². The molecule has 7 rings (SSSR count). The summed E-state index contributed by atoms with van der Waals surface area (Å²) < 4.78 is 0. The van der Waals surface area contributed by atoms with Crippen molar-refractivity contribution in [2.24, 2.45) is 0 Å². The highest BCUT2D eigenvalue weighted by Gasteiger charge is 2.32. The van der Waals surface area contributed by atoms with Crippen molar-refractivity contribution in [2.45, 2.75) is 163 Å². The second-order valence-corrected chi connectivity index (χ2v) is 24.8. The molecule has 0 atom stereocenters. The molecule has 1 aliphatic rings. The molecule has 6 aromatic carbocycles. The fraction of sp³-hybridized carbons (Fsp3) is 0.403. The molecule has 0 saturated heterocycles. The Kier molecular flexibility index (Phi) is 12.8. The smallest absolute Gasteiger partial charge is 0.150 e. The molecule has 0 heterocycles. The summed E-state index contributed by atoms with van der Waals surface area (Å²) in [6, 6.07) is 27.7. The van der Waals surface area contributed by atoms with E-state index in [1.807, 2.05) is 72.8 Å². The standard InChI is InChI=1S/C62H74O6/c1-58(2,3)45-24-37-20-39-26-46(59(4,5)6)28-41(54(39)65)22-43-30-48(61(10,11)12)32-50(56(43)67)52(36-18-16-35(34-63)17-19-36)51-33-49(62(13,14)15)31-44(57(51)68)23-42-29-47(60(7,8)9)27-40(55(42)66)21-38(25-45)53(37)64/h16-19,24-34,52,64-68H,20-23H2,1-15H3. The maximum Gasteiger partial charge on any atom is 0.150 e. The molecule has 0 spiro atoms. The SMILES string of the molecule is CC(C)(C)c1cc2c(O)c(c1)Cc1cc(C(C)(C)C)cc(c1O)Cc1cc(C(C)(C)C)cc(c1O)C(c1ccc(C=O)cc1)c1cc(C(C)(C)C)cc(c1O)Cc1cc(C(C)(C)C)cc(c1O)C2. The summed E-state index contributed by atoms with van der Waals surface area (Å²) in [6.45, 7) is 32.1. The first-order valence-electron chi connectivity index (χ1n) is 24.2. The van der Waals surface area contributed by atoms with Crippen LogP contribution in [0.3, 0.4) is 0 Å². The maximum absolute atomic E-state index is 12.9. The molecule has 6 nitrogen and oxygen atoms in total. The molecule has 1 aliphatic carbocycles. The molecule has 6 aromatic rings. The molecule has 358 valence electrons. The minimum absolute atomic E-state index is 0.0430. The number of carbonyl (C=O) groups is 1. The predicted octanol–water partition coefficient (Wildman–Crippen LogP) is 14.4. The zero-order chi connectivity index (χ0) is 50.2. The maximum atomic E-state index is 12.9. The molecule has 0 amide bonds. The Hall–Kier alpha value is -6.01. The van der Waals surface area contributed by atoms with Gasteiger partial charge in [-0.05, 0) is 105 Å². The lowest BCUT2D eigenvalue weighted by atomic mass is 9.75. The Morgan fingerprint density at radius 1 is 0.353 bits per heavy atom. The normalized spacial score (nSPS) is 14.2. The summed E-state index contributed by atoms with van der Waals surface area (Å²) in [6.07, 6.45) is 1.69. The molecule has 5 N–H and O–H groups in total. The molecule has 68 heavy (non-hydrogen) atoms. The first-order chi connectivity index (χ1) is 31.3. The molecule has 0 unspecified atom stereocenters. The van der Waals surface area contributed by atoms with Gasteiger partial charge in [0, 0.05) is 48.3 Å². The number of phenolic OH excluding ortho intramolecular Hbond substituents is 5. The summed E-state index contributed by atoms with van der Waals surface area (Å²) in [4.78, 5) is 12.0. The average Bonchev–Trinajstić information content (AvgIpc) is 3.22. The zero-order valence-electron chi connectivity index (χ0n) is 43.2. The van der Waals surface area contributed by atoms with Crippen LogP contribution in [0.4, 0.5) is 0 Å².